The number of amides is 1. The molecule has 1 aromatic rings. The van der Waals surface area contributed by atoms with Gasteiger partial charge in [0.2, 0.25) is 5.91 Å². The number of benzene rings is 1. The first-order valence-electron chi connectivity index (χ1n) is 6.92. The Hall–Kier alpha value is -1.39. The van der Waals surface area contributed by atoms with E-state index in [1.54, 1.807) is 0 Å². The summed E-state index contributed by atoms with van der Waals surface area (Å²) in [6, 6.07) is 7.33. The van der Waals surface area contributed by atoms with Crippen LogP contribution in [0.15, 0.2) is 24.3 Å². The van der Waals surface area contributed by atoms with Crippen molar-refractivity contribution in [3.63, 3.8) is 0 Å². The number of aliphatic hydroxyl groups excluding tert-OH is 1. The number of rotatable bonds is 4. The predicted octanol–water partition coefficient (Wildman–Crippen LogP) is 2.03. The SMILES string of the molecule is NCC1(C(=O)Nc2ccccc2CO)CCCCC1. The van der Waals surface area contributed by atoms with Gasteiger partial charge in [-0.05, 0) is 18.9 Å². The third-order valence-electron chi connectivity index (χ3n) is 4.12. The number of nitrogens with one attached hydrogen (secondary N) is 1. The molecular formula is C15H22N2O2. The van der Waals surface area contributed by atoms with Crippen molar-refractivity contribution in [2.24, 2.45) is 11.1 Å². The molecule has 104 valence electrons. The molecule has 1 saturated carbocycles. The zero-order chi connectivity index (χ0) is 13.7. The van der Waals surface area contributed by atoms with Crippen LogP contribution in [-0.4, -0.2) is 17.6 Å². The topological polar surface area (TPSA) is 75.4 Å². The van der Waals surface area contributed by atoms with Crippen LogP contribution in [0.25, 0.3) is 0 Å². The van der Waals surface area contributed by atoms with Crippen LogP contribution in [0.3, 0.4) is 0 Å². The lowest BCUT2D eigenvalue weighted by Crippen LogP contribution is -2.44. The number of aliphatic hydroxyl groups is 1. The minimum atomic E-state index is -0.430. The van der Waals surface area contributed by atoms with E-state index < -0.39 is 5.41 Å². The number of para-hydroxylation sites is 1. The molecule has 0 heterocycles. The Labute approximate surface area is 114 Å². The van der Waals surface area contributed by atoms with Crippen LogP contribution >= 0.6 is 0 Å². The highest BCUT2D eigenvalue weighted by Gasteiger charge is 2.38. The summed E-state index contributed by atoms with van der Waals surface area (Å²) in [6.07, 6.45) is 5.02. The number of nitrogens with two attached hydrogens (primary N) is 1. The van der Waals surface area contributed by atoms with E-state index in [0.717, 1.165) is 31.2 Å². The highest BCUT2D eigenvalue weighted by Crippen LogP contribution is 2.36. The van der Waals surface area contributed by atoms with Gasteiger partial charge in [-0.2, -0.15) is 0 Å². The molecule has 19 heavy (non-hydrogen) atoms. The van der Waals surface area contributed by atoms with Crippen molar-refractivity contribution in [1.29, 1.82) is 0 Å². The van der Waals surface area contributed by atoms with Gasteiger partial charge in [-0.3, -0.25) is 4.79 Å². The van der Waals surface area contributed by atoms with Crippen molar-refractivity contribution in [2.45, 2.75) is 38.7 Å². The molecule has 1 aromatic carbocycles. The number of carbonyl (C=O) groups is 1. The second-order valence-electron chi connectivity index (χ2n) is 5.31. The van der Waals surface area contributed by atoms with Gasteiger partial charge in [0.15, 0.2) is 0 Å². The predicted molar refractivity (Wildman–Crippen MR) is 75.6 cm³/mol. The van der Waals surface area contributed by atoms with E-state index in [1.807, 2.05) is 24.3 Å². The maximum absolute atomic E-state index is 12.5. The molecule has 4 heteroatoms. The number of carbonyl (C=O) groups excluding carboxylic acids is 1. The molecule has 0 aliphatic heterocycles. The normalized spacial score (nSPS) is 18.0. The molecule has 0 atom stereocenters. The fraction of sp³-hybridized carbons (Fsp3) is 0.533. The van der Waals surface area contributed by atoms with Gasteiger partial charge in [0.25, 0.3) is 0 Å². The molecule has 4 N–H and O–H groups in total. The summed E-state index contributed by atoms with van der Waals surface area (Å²) in [5, 5.41) is 12.2. The molecule has 1 aliphatic carbocycles. The van der Waals surface area contributed by atoms with Gasteiger partial charge in [0.1, 0.15) is 0 Å². The number of hydrogen-bond acceptors (Lipinski definition) is 3. The Kier molecular flexibility index (Phi) is 4.56. The minimum absolute atomic E-state index is 0.00407. The van der Waals surface area contributed by atoms with Gasteiger partial charge in [0, 0.05) is 17.8 Å². The summed E-state index contributed by atoms with van der Waals surface area (Å²) in [5.41, 5.74) is 6.85. The van der Waals surface area contributed by atoms with Gasteiger partial charge in [-0.15, -0.1) is 0 Å². The molecule has 0 bridgehead atoms. The molecule has 1 amide bonds. The Morgan fingerprint density at radius 2 is 1.95 bits per heavy atom. The van der Waals surface area contributed by atoms with Crippen LogP contribution in [-0.2, 0) is 11.4 Å². The van der Waals surface area contributed by atoms with Gasteiger partial charge >= 0.3 is 0 Å². The van der Waals surface area contributed by atoms with Crippen molar-refractivity contribution < 1.29 is 9.90 Å². The first-order valence-corrected chi connectivity index (χ1v) is 6.92. The van der Waals surface area contributed by atoms with Gasteiger partial charge < -0.3 is 16.2 Å². The van der Waals surface area contributed by atoms with Gasteiger partial charge in [-0.25, -0.2) is 0 Å². The van der Waals surface area contributed by atoms with Crippen molar-refractivity contribution in [2.75, 3.05) is 11.9 Å². The van der Waals surface area contributed by atoms with E-state index in [2.05, 4.69) is 5.32 Å². The summed E-state index contributed by atoms with van der Waals surface area (Å²) < 4.78 is 0. The first-order chi connectivity index (χ1) is 9.22. The lowest BCUT2D eigenvalue weighted by atomic mass is 9.73. The Balaban J connectivity index is 2.15. The van der Waals surface area contributed by atoms with Crippen LogP contribution in [0, 0.1) is 5.41 Å². The molecule has 0 unspecified atom stereocenters. The van der Waals surface area contributed by atoms with Crippen molar-refractivity contribution >= 4 is 11.6 Å². The maximum Gasteiger partial charge on any atom is 0.231 e. The smallest absolute Gasteiger partial charge is 0.231 e. The lowest BCUT2D eigenvalue weighted by Gasteiger charge is -2.34. The average Bonchev–Trinajstić information content (AvgIpc) is 2.48. The highest BCUT2D eigenvalue weighted by molar-refractivity contribution is 5.96. The summed E-state index contributed by atoms with van der Waals surface area (Å²) in [4.78, 5) is 12.5. The molecule has 1 aliphatic rings. The van der Waals surface area contributed by atoms with E-state index >= 15 is 0 Å². The van der Waals surface area contributed by atoms with E-state index in [1.165, 1.54) is 6.42 Å². The standard InChI is InChI=1S/C15H22N2O2/c16-11-15(8-4-1-5-9-15)14(19)17-13-7-3-2-6-12(13)10-18/h2-3,6-7,18H,1,4-5,8-11,16H2,(H,17,19). The first kappa shape index (κ1) is 14.0. The summed E-state index contributed by atoms with van der Waals surface area (Å²) in [5.74, 6) is -0.00407. The molecule has 0 aromatic heterocycles. The Morgan fingerprint density at radius 1 is 1.26 bits per heavy atom. The van der Waals surface area contributed by atoms with Gasteiger partial charge in [-0.1, -0.05) is 37.5 Å². The third kappa shape index (κ3) is 2.96. The molecule has 2 rings (SSSR count). The zero-order valence-electron chi connectivity index (χ0n) is 11.2. The Morgan fingerprint density at radius 3 is 2.58 bits per heavy atom. The molecule has 0 spiro atoms. The largest absolute Gasteiger partial charge is 0.392 e. The fourth-order valence-corrected chi connectivity index (χ4v) is 2.79. The van der Waals surface area contributed by atoms with Crippen LogP contribution < -0.4 is 11.1 Å². The Bertz CT molecular complexity index is 440. The fourth-order valence-electron chi connectivity index (χ4n) is 2.79. The lowest BCUT2D eigenvalue weighted by molar-refractivity contribution is -0.126. The summed E-state index contributed by atoms with van der Waals surface area (Å²) >= 11 is 0. The van der Waals surface area contributed by atoms with Crippen molar-refractivity contribution in [3.05, 3.63) is 29.8 Å². The average molecular weight is 262 g/mol. The van der Waals surface area contributed by atoms with E-state index in [9.17, 15) is 9.90 Å². The zero-order valence-corrected chi connectivity index (χ0v) is 11.2. The van der Waals surface area contributed by atoms with Crippen LogP contribution in [0.1, 0.15) is 37.7 Å². The second-order valence-corrected chi connectivity index (χ2v) is 5.31. The second kappa shape index (κ2) is 6.17. The van der Waals surface area contributed by atoms with Crippen molar-refractivity contribution in [1.82, 2.24) is 0 Å². The molecular weight excluding hydrogens is 240 g/mol. The van der Waals surface area contributed by atoms with Crippen LogP contribution in [0.5, 0.6) is 0 Å². The van der Waals surface area contributed by atoms with Crippen LogP contribution in [0.4, 0.5) is 5.69 Å². The van der Waals surface area contributed by atoms with E-state index in [4.69, 9.17) is 5.73 Å². The monoisotopic (exact) mass is 262 g/mol. The third-order valence-corrected chi connectivity index (χ3v) is 4.12. The minimum Gasteiger partial charge on any atom is -0.392 e. The van der Waals surface area contributed by atoms with Crippen LogP contribution in [0.2, 0.25) is 0 Å². The maximum atomic E-state index is 12.5. The van der Waals surface area contributed by atoms with E-state index in [-0.39, 0.29) is 12.5 Å². The van der Waals surface area contributed by atoms with Crippen molar-refractivity contribution in [3.8, 4) is 0 Å². The summed E-state index contributed by atoms with van der Waals surface area (Å²) in [6.45, 7) is 0.312. The number of anilines is 1. The highest BCUT2D eigenvalue weighted by atomic mass is 16.3. The number of hydrogen-bond donors (Lipinski definition) is 3. The van der Waals surface area contributed by atoms with E-state index in [0.29, 0.717) is 12.2 Å². The molecule has 0 saturated heterocycles. The molecule has 4 nitrogen and oxygen atoms in total. The summed E-state index contributed by atoms with van der Waals surface area (Å²) in [7, 11) is 0. The quantitative estimate of drug-likeness (QED) is 0.777. The molecule has 1 fully saturated rings. The molecule has 0 radical (unpaired) electrons. The van der Waals surface area contributed by atoms with Gasteiger partial charge in [0.05, 0.1) is 12.0 Å².